The monoisotopic (exact) mass is 318 g/mol. The maximum Gasteiger partial charge on any atom is 0.270 e. The average Bonchev–Trinajstić information content (AvgIpc) is 2.86. The Morgan fingerprint density at radius 3 is 2.33 bits per heavy atom. The van der Waals surface area contributed by atoms with Crippen LogP contribution in [0.15, 0.2) is 0 Å². The average molecular weight is 318 g/mol. The van der Waals surface area contributed by atoms with Crippen LogP contribution in [0.1, 0.15) is 53.4 Å². The maximum absolute atomic E-state index is 12.0. The maximum atomic E-state index is 12.0. The highest BCUT2D eigenvalue weighted by molar-refractivity contribution is 7.87. The van der Waals surface area contributed by atoms with E-state index in [4.69, 9.17) is 4.74 Å². The summed E-state index contributed by atoms with van der Waals surface area (Å²) in [4.78, 5) is 0. The van der Waals surface area contributed by atoms with Gasteiger partial charge in [0.15, 0.2) is 0 Å². The Balaban J connectivity index is 2.13. The third-order valence-electron chi connectivity index (χ3n) is 6.72. The topological polar surface area (TPSA) is 83.8 Å². The van der Waals surface area contributed by atoms with E-state index in [2.05, 4.69) is 0 Å². The van der Waals surface area contributed by atoms with E-state index in [0.717, 1.165) is 12.8 Å². The van der Waals surface area contributed by atoms with Gasteiger partial charge in [-0.3, -0.25) is 4.55 Å². The highest BCUT2D eigenvalue weighted by atomic mass is 32.2. The van der Waals surface area contributed by atoms with Crippen molar-refractivity contribution < 1.29 is 22.8 Å². The van der Waals surface area contributed by atoms with E-state index in [1.54, 1.807) is 6.92 Å². The zero-order valence-corrected chi connectivity index (χ0v) is 14.0. The first kappa shape index (κ1) is 15.7. The van der Waals surface area contributed by atoms with Gasteiger partial charge in [0.1, 0.15) is 4.75 Å². The molecule has 21 heavy (non-hydrogen) atoms. The number of aliphatic hydroxyl groups is 1. The van der Waals surface area contributed by atoms with Crippen LogP contribution in [0.5, 0.6) is 0 Å². The van der Waals surface area contributed by atoms with Gasteiger partial charge in [-0.15, -0.1) is 0 Å². The minimum atomic E-state index is -4.22. The van der Waals surface area contributed by atoms with Crippen molar-refractivity contribution in [3.63, 3.8) is 0 Å². The van der Waals surface area contributed by atoms with Crippen molar-refractivity contribution in [2.45, 2.75) is 75.4 Å². The highest BCUT2D eigenvalue weighted by Gasteiger charge is 2.71. The van der Waals surface area contributed by atoms with E-state index in [-0.39, 0.29) is 11.8 Å². The van der Waals surface area contributed by atoms with E-state index in [9.17, 15) is 18.1 Å². The molecule has 0 amide bonds. The second-order valence-electron chi connectivity index (χ2n) is 7.93. The molecule has 0 aromatic rings. The number of hydrogen-bond donors (Lipinski definition) is 2. The summed E-state index contributed by atoms with van der Waals surface area (Å²) in [6, 6.07) is 0. The molecule has 2 heterocycles. The third kappa shape index (κ3) is 1.76. The first-order chi connectivity index (χ1) is 9.48. The van der Waals surface area contributed by atoms with Crippen molar-refractivity contribution in [3.05, 3.63) is 0 Å². The summed E-state index contributed by atoms with van der Waals surface area (Å²) >= 11 is 0. The Bertz CT molecular complexity index is 558. The standard InChI is InChI=1S/C15H26O5S/c1-9(2)15-8-7-13(3,20-15)10-5-6-14(4,21(17,18)19)11(10)12(15)16/h9-12,16H,5-8H2,1-4H3,(H,17,18,19)/t10?,11?,12-,13-,14-,15-/m1/s1. The predicted molar refractivity (Wildman–Crippen MR) is 78.5 cm³/mol. The summed E-state index contributed by atoms with van der Waals surface area (Å²) in [7, 11) is -4.22. The van der Waals surface area contributed by atoms with Crippen LogP contribution in [-0.2, 0) is 14.9 Å². The van der Waals surface area contributed by atoms with Gasteiger partial charge in [0.05, 0.1) is 17.3 Å². The lowest BCUT2D eigenvalue weighted by Crippen LogP contribution is -2.64. The molecule has 2 bridgehead atoms. The Morgan fingerprint density at radius 1 is 1.19 bits per heavy atom. The second kappa shape index (κ2) is 4.22. The van der Waals surface area contributed by atoms with Crippen molar-refractivity contribution in [1.29, 1.82) is 0 Å². The lowest BCUT2D eigenvalue weighted by Gasteiger charge is -2.53. The summed E-state index contributed by atoms with van der Waals surface area (Å²) in [6.45, 7) is 7.64. The predicted octanol–water partition coefficient (Wildman–Crippen LogP) is 2.00. The molecule has 0 spiro atoms. The zero-order valence-electron chi connectivity index (χ0n) is 13.2. The molecule has 6 atom stereocenters. The fourth-order valence-electron chi connectivity index (χ4n) is 5.26. The van der Waals surface area contributed by atoms with Crippen molar-refractivity contribution in [2.75, 3.05) is 0 Å². The van der Waals surface area contributed by atoms with Crippen LogP contribution in [0.2, 0.25) is 0 Å². The van der Waals surface area contributed by atoms with Crippen LogP contribution in [0.3, 0.4) is 0 Å². The van der Waals surface area contributed by atoms with Gasteiger partial charge in [-0.25, -0.2) is 0 Å². The normalized spacial score (nSPS) is 53.2. The summed E-state index contributed by atoms with van der Waals surface area (Å²) in [5.41, 5.74) is -1.08. The van der Waals surface area contributed by atoms with E-state index < -0.39 is 38.1 Å². The molecule has 2 saturated heterocycles. The Labute approximate surface area is 126 Å². The molecule has 0 aromatic carbocycles. The molecule has 1 aliphatic carbocycles. The van der Waals surface area contributed by atoms with Crippen LogP contribution >= 0.6 is 0 Å². The number of ether oxygens (including phenoxy) is 1. The van der Waals surface area contributed by atoms with Gasteiger partial charge in [0.25, 0.3) is 10.1 Å². The summed E-state index contributed by atoms with van der Waals surface area (Å²) in [6.07, 6.45) is 1.78. The number of aliphatic hydroxyl groups excluding tert-OH is 1. The van der Waals surface area contributed by atoms with Gasteiger partial charge in [0, 0.05) is 5.92 Å². The smallest absolute Gasteiger partial charge is 0.270 e. The summed E-state index contributed by atoms with van der Waals surface area (Å²) in [5, 5.41) is 11.0. The van der Waals surface area contributed by atoms with Crippen molar-refractivity contribution in [2.24, 2.45) is 17.8 Å². The minimum absolute atomic E-state index is 0.0196. The molecule has 5 nitrogen and oxygen atoms in total. The van der Waals surface area contributed by atoms with Crippen LogP contribution < -0.4 is 0 Å². The molecule has 3 rings (SSSR count). The highest BCUT2D eigenvalue weighted by Crippen LogP contribution is 2.63. The third-order valence-corrected chi connectivity index (χ3v) is 8.37. The zero-order chi connectivity index (χ0) is 15.8. The van der Waals surface area contributed by atoms with Gasteiger partial charge < -0.3 is 9.84 Å². The SMILES string of the molecule is CC(C)[C@@]12CC[C@@](C)(O1)C1CC[C@@](C)(S(=O)(=O)O)C1[C@H]2O. The number of fused-ring (bicyclic) bond motifs is 4. The quantitative estimate of drug-likeness (QED) is 0.761. The lowest BCUT2D eigenvalue weighted by atomic mass is 9.69. The molecular weight excluding hydrogens is 292 g/mol. The number of hydrogen-bond acceptors (Lipinski definition) is 4. The van der Waals surface area contributed by atoms with Crippen LogP contribution in [0.4, 0.5) is 0 Å². The fraction of sp³-hybridized carbons (Fsp3) is 1.00. The molecule has 2 N–H and O–H groups in total. The van der Waals surface area contributed by atoms with E-state index >= 15 is 0 Å². The largest absolute Gasteiger partial charge is 0.390 e. The van der Waals surface area contributed by atoms with Gasteiger partial charge in [-0.2, -0.15) is 8.42 Å². The minimum Gasteiger partial charge on any atom is -0.390 e. The number of rotatable bonds is 2. The van der Waals surface area contributed by atoms with Crippen LogP contribution in [0, 0.1) is 17.8 Å². The molecule has 1 saturated carbocycles. The van der Waals surface area contributed by atoms with Gasteiger partial charge in [-0.1, -0.05) is 13.8 Å². The fourth-order valence-corrected chi connectivity index (χ4v) is 6.27. The molecule has 0 radical (unpaired) electrons. The molecule has 3 fully saturated rings. The second-order valence-corrected chi connectivity index (χ2v) is 9.81. The van der Waals surface area contributed by atoms with Gasteiger partial charge in [0.2, 0.25) is 0 Å². The molecule has 2 aliphatic heterocycles. The molecule has 2 unspecified atom stereocenters. The molecular formula is C15H26O5S. The molecule has 3 aliphatic rings. The van der Waals surface area contributed by atoms with E-state index in [1.807, 2.05) is 20.8 Å². The molecule has 122 valence electrons. The van der Waals surface area contributed by atoms with Gasteiger partial charge >= 0.3 is 0 Å². The van der Waals surface area contributed by atoms with Crippen LogP contribution in [0.25, 0.3) is 0 Å². The van der Waals surface area contributed by atoms with E-state index in [0.29, 0.717) is 12.8 Å². The van der Waals surface area contributed by atoms with Crippen molar-refractivity contribution in [1.82, 2.24) is 0 Å². The Morgan fingerprint density at radius 2 is 1.81 bits per heavy atom. The lowest BCUT2D eigenvalue weighted by molar-refractivity contribution is -0.249. The van der Waals surface area contributed by atoms with Crippen LogP contribution in [-0.4, -0.2) is 40.1 Å². The molecule has 6 heteroatoms. The molecule has 0 aromatic heterocycles. The first-order valence-electron chi connectivity index (χ1n) is 7.83. The Kier molecular flexibility index (Phi) is 3.16. The van der Waals surface area contributed by atoms with Crippen molar-refractivity contribution >= 4 is 10.1 Å². The Hall–Kier alpha value is -0.170. The first-order valence-corrected chi connectivity index (χ1v) is 9.27. The summed E-state index contributed by atoms with van der Waals surface area (Å²) < 4.78 is 38.8. The van der Waals surface area contributed by atoms with Crippen molar-refractivity contribution in [3.8, 4) is 0 Å². The summed E-state index contributed by atoms with van der Waals surface area (Å²) in [5.74, 6) is -0.383. The van der Waals surface area contributed by atoms with Gasteiger partial charge in [-0.05, 0) is 51.4 Å². The van der Waals surface area contributed by atoms with E-state index in [1.165, 1.54) is 0 Å².